The van der Waals surface area contributed by atoms with Crippen LogP contribution in [0.4, 0.5) is 0 Å². The number of aromatic amines is 1. The summed E-state index contributed by atoms with van der Waals surface area (Å²) in [6.07, 6.45) is -0.584. The molecule has 2 unspecified atom stereocenters. The number of halogens is 1. The lowest BCUT2D eigenvalue weighted by Gasteiger charge is -2.22. The molecule has 17 heteroatoms. The van der Waals surface area contributed by atoms with Crippen molar-refractivity contribution in [2.45, 2.75) is 36.6 Å². The first-order valence-electron chi connectivity index (χ1n) is 12.1. The van der Waals surface area contributed by atoms with Crippen LogP contribution in [-0.2, 0) is 28.2 Å². The van der Waals surface area contributed by atoms with Gasteiger partial charge < -0.3 is 9.26 Å². The highest BCUT2D eigenvalue weighted by Gasteiger charge is 2.39. The van der Waals surface area contributed by atoms with Gasteiger partial charge in [-0.15, -0.1) is 0 Å². The van der Waals surface area contributed by atoms with Gasteiger partial charge in [0.2, 0.25) is 0 Å². The third-order valence-electron chi connectivity index (χ3n) is 5.99. The molecule has 1 saturated heterocycles. The molecular weight excluding hydrogens is 601 g/mol. The fourth-order valence-corrected chi connectivity index (χ4v) is 6.47. The number of hydrogen-bond acceptors (Lipinski definition) is 10. The minimum Gasteiger partial charge on any atom is -0.404 e. The van der Waals surface area contributed by atoms with Crippen LogP contribution in [0.2, 0.25) is 5.02 Å². The van der Waals surface area contributed by atoms with Crippen LogP contribution in [0, 0.1) is 6.92 Å². The van der Waals surface area contributed by atoms with Crippen molar-refractivity contribution in [3.63, 3.8) is 0 Å². The third kappa shape index (κ3) is 7.86. The van der Waals surface area contributed by atoms with E-state index in [4.69, 9.17) is 35.4 Å². The van der Waals surface area contributed by atoms with Crippen molar-refractivity contribution < 1.29 is 31.3 Å². The van der Waals surface area contributed by atoms with E-state index in [0.717, 1.165) is 4.57 Å². The number of H-pyrrole nitrogens is 1. The zero-order chi connectivity index (χ0) is 29.6. The lowest BCUT2D eigenvalue weighted by molar-refractivity contribution is -0.0277. The first-order chi connectivity index (χ1) is 19.5. The largest absolute Gasteiger partial charge is 0.530 e. The molecule has 0 saturated carbocycles. The standard InChI is InChI=1S/C24H25ClN5O9PS/c1-16-14-30(24(32)27-23(16)31)22-13-20(28-29-26)21(38-22)15-37-40(33,39-18-9-7-17(25)8-10-18)36-11-12-41(34,35)19-5-3-2-4-6-19/h2-10,14,20-22H,11-13,15H2,1H3,(H,27,31,32)/t20?,21-,22-,40?/m1/s1. The first-order valence-corrected chi connectivity index (χ1v) is 15.6. The maximum absolute atomic E-state index is 13.7. The van der Waals surface area contributed by atoms with Crippen LogP contribution in [0.15, 0.2) is 80.4 Å². The van der Waals surface area contributed by atoms with Crippen LogP contribution in [0.5, 0.6) is 5.75 Å². The van der Waals surface area contributed by atoms with Crippen LogP contribution >= 0.6 is 19.4 Å². The highest BCUT2D eigenvalue weighted by atomic mass is 35.5. The topological polar surface area (TPSA) is 192 Å². The molecule has 1 aliphatic rings. The Hall–Kier alpha value is -3.42. The monoisotopic (exact) mass is 625 g/mol. The fourth-order valence-electron chi connectivity index (χ4n) is 3.91. The molecule has 0 spiro atoms. The van der Waals surface area contributed by atoms with Gasteiger partial charge in [-0.2, -0.15) is 0 Å². The maximum Gasteiger partial charge on any atom is 0.530 e. The highest BCUT2D eigenvalue weighted by molar-refractivity contribution is 7.91. The third-order valence-corrected chi connectivity index (χ3v) is 9.34. The van der Waals surface area contributed by atoms with E-state index in [0.29, 0.717) is 5.02 Å². The number of sulfone groups is 1. The van der Waals surface area contributed by atoms with E-state index < -0.39 is 66.2 Å². The van der Waals surface area contributed by atoms with Crippen LogP contribution in [0.25, 0.3) is 10.4 Å². The zero-order valence-corrected chi connectivity index (χ0v) is 24.0. The second-order valence-electron chi connectivity index (χ2n) is 8.87. The molecule has 1 aliphatic heterocycles. The summed E-state index contributed by atoms with van der Waals surface area (Å²) < 4.78 is 62.4. The van der Waals surface area contributed by atoms with Crippen molar-refractivity contribution in [1.29, 1.82) is 0 Å². The molecule has 0 bridgehead atoms. The van der Waals surface area contributed by atoms with E-state index in [-0.39, 0.29) is 22.6 Å². The summed E-state index contributed by atoms with van der Waals surface area (Å²) in [6.45, 7) is 0.491. The molecule has 14 nitrogen and oxygen atoms in total. The van der Waals surface area contributed by atoms with Gasteiger partial charge in [0.25, 0.3) is 5.56 Å². The normalized spacial score (nSPS) is 20.2. The van der Waals surface area contributed by atoms with Crippen molar-refractivity contribution in [3.05, 3.63) is 103 Å². The first kappa shape index (κ1) is 30.5. The minimum absolute atomic E-state index is 0.0436. The maximum atomic E-state index is 13.7. The molecule has 3 aromatic rings. The Morgan fingerprint density at radius 1 is 1.17 bits per heavy atom. The number of aromatic nitrogens is 2. The van der Waals surface area contributed by atoms with Crippen molar-refractivity contribution >= 4 is 29.3 Å². The Bertz CT molecular complexity index is 1690. The molecule has 0 radical (unpaired) electrons. The van der Waals surface area contributed by atoms with E-state index in [1.807, 2.05) is 0 Å². The quantitative estimate of drug-likeness (QED) is 0.133. The molecule has 4 atom stereocenters. The summed E-state index contributed by atoms with van der Waals surface area (Å²) in [7, 11) is -8.25. The Morgan fingerprint density at radius 3 is 2.56 bits per heavy atom. The van der Waals surface area contributed by atoms with Gasteiger partial charge >= 0.3 is 13.5 Å². The van der Waals surface area contributed by atoms with Gasteiger partial charge in [-0.25, -0.2) is 17.8 Å². The number of nitrogens with zero attached hydrogens (tertiary/aromatic N) is 4. The molecule has 1 aromatic heterocycles. The van der Waals surface area contributed by atoms with Crippen LogP contribution < -0.4 is 15.8 Å². The minimum atomic E-state index is -4.49. The lowest BCUT2D eigenvalue weighted by Crippen LogP contribution is -2.33. The summed E-state index contributed by atoms with van der Waals surface area (Å²) in [5.74, 6) is -0.456. The average molecular weight is 626 g/mol. The van der Waals surface area contributed by atoms with Gasteiger partial charge in [0.15, 0.2) is 9.84 Å². The predicted octanol–water partition coefficient (Wildman–Crippen LogP) is 4.16. The summed E-state index contributed by atoms with van der Waals surface area (Å²) >= 11 is 5.91. The van der Waals surface area contributed by atoms with Crippen molar-refractivity contribution in [3.8, 4) is 5.75 Å². The van der Waals surface area contributed by atoms with E-state index in [2.05, 4.69) is 15.0 Å². The number of nitrogens with one attached hydrogen (secondary N) is 1. The molecular formula is C24H25ClN5O9PS. The Balaban J connectivity index is 1.51. The van der Waals surface area contributed by atoms with Gasteiger partial charge in [0.05, 0.1) is 36.0 Å². The summed E-state index contributed by atoms with van der Waals surface area (Å²) in [4.78, 5) is 29.1. The molecule has 1 fully saturated rings. The average Bonchev–Trinajstić information content (AvgIpc) is 3.34. The molecule has 218 valence electrons. The van der Waals surface area contributed by atoms with Gasteiger partial charge in [0.1, 0.15) is 12.0 Å². The molecule has 0 aliphatic carbocycles. The number of ether oxygens (including phenoxy) is 1. The number of aryl methyl sites for hydroxylation is 1. The predicted molar refractivity (Wildman–Crippen MR) is 148 cm³/mol. The number of benzene rings is 2. The lowest BCUT2D eigenvalue weighted by atomic mass is 10.1. The van der Waals surface area contributed by atoms with Gasteiger partial charge in [-0.1, -0.05) is 34.9 Å². The molecule has 41 heavy (non-hydrogen) atoms. The number of azide groups is 1. The number of rotatable bonds is 12. The van der Waals surface area contributed by atoms with Crippen molar-refractivity contribution in [2.75, 3.05) is 19.0 Å². The van der Waals surface area contributed by atoms with Gasteiger partial charge in [0, 0.05) is 28.1 Å². The summed E-state index contributed by atoms with van der Waals surface area (Å²) in [6, 6.07) is 12.6. The molecule has 2 aromatic carbocycles. The van der Waals surface area contributed by atoms with Crippen LogP contribution in [-0.4, -0.2) is 49.1 Å². The van der Waals surface area contributed by atoms with Crippen LogP contribution in [0.1, 0.15) is 18.2 Å². The zero-order valence-electron chi connectivity index (χ0n) is 21.5. The summed E-state index contributed by atoms with van der Waals surface area (Å²) in [5.41, 5.74) is 8.02. The number of hydrogen-bond donors (Lipinski definition) is 1. The Morgan fingerprint density at radius 2 is 1.88 bits per heavy atom. The summed E-state index contributed by atoms with van der Waals surface area (Å²) in [5, 5.41) is 4.08. The highest BCUT2D eigenvalue weighted by Crippen LogP contribution is 2.50. The van der Waals surface area contributed by atoms with Gasteiger partial charge in [-0.05, 0) is 48.9 Å². The Labute approximate surface area is 238 Å². The number of phosphoric ester groups is 1. The molecule has 1 N–H and O–H groups in total. The molecule has 0 amide bonds. The van der Waals surface area contributed by atoms with Crippen molar-refractivity contribution in [2.24, 2.45) is 5.11 Å². The number of phosphoric acid groups is 1. The fraction of sp³-hybridized carbons (Fsp3) is 0.333. The second kappa shape index (κ2) is 13.0. The Kier molecular flexibility index (Phi) is 9.72. The van der Waals surface area contributed by atoms with Crippen LogP contribution in [0.3, 0.4) is 0 Å². The van der Waals surface area contributed by atoms with E-state index >= 15 is 0 Å². The van der Waals surface area contributed by atoms with E-state index in [9.17, 15) is 22.6 Å². The van der Waals surface area contributed by atoms with Gasteiger partial charge in [-0.3, -0.25) is 23.4 Å². The van der Waals surface area contributed by atoms with Crippen molar-refractivity contribution in [1.82, 2.24) is 9.55 Å². The van der Waals surface area contributed by atoms with E-state index in [1.165, 1.54) is 49.5 Å². The SMILES string of the molecule is Cc1cn([C@H]2CC(N=[N+]=[N-])[C@@H](COP(=O)(OCCS(=O)(=O)c3ccccc3)Oc3ccc(Cl)cc3)O2)c(=O)[nH]c1=O. The molecule has 2 heterocycles. The van der Waals surface area contributed by atoms with E-state index in [1.54, 1.807) is 18.2 Å². The molecule has 4 rings (SSSR count). The smallest absolute Gasteiger partial charge is 0.404 e. The second-order valence-corrected chi connectivity index (χ2v) is 13.0.